The molecule has 5 N–H and O–H groups in total. The maximum Gasteiger partial charge on any atom is 0.410 e. The van der Waals surface area contributed by atoms with Crippen molar-refractivity contribution in [3.8, 4) is 0 Å². The molecule has 5 amide bonds. The summed E-state index contributed by atoms with van der Waals surface area (Å²) in [5.41, 5.74) is 7.69. The van der Waals surface area contributed by atoms with E-state index in [4.69, 9.17) is 15.2 Å². The number of unbranched alkanes of at least 4 members (excludes halogenated alkanes) is 1. The van der Waals surface area contributed by atoms with E-state index in [1.165, 1.54) is 4.90 Å². The van der Waals surface area contributed by atoms with Gasteiger partial charge >= 0.3 is 12.2 Å². The molecule has 2 aliphatic heterocycles. The molecule has 0 radical (unpaired) electrons. The van der Waals surface area contributed by atoms with E-state index in [1.54, 1.807) is 4.90 Å². The molecule has 0 bridgehead atoms. The number of hydrogen-bond acceptors (Lipinski definition) is 9. The maximum atomic E-state index is 14.6. The van der Waals surface area contributed by atoms with Crippen molar-refractivity contribution in [3.05, 3.63) is 71.8 Å². The average molecular weight is 789 g/mol. The van der Waals surface area contributed by atoms with Crippen LogP contribution < -0.4 is 21.7 Å². The van der Waals surface area contributed by atoms with Gasteiger partial charge in [-0.05, 0) is 101 Å². The number of ether oxygens (including phenoxy) is 2. The van der Waals surface area contributed by atoms with Gasteiger partial charge in [-0.1, -0.05) is 67.1 Å². The van der Waals surface area contributed by atoms with Gasteiger partial charge in [-0.15, -0.1) is 0 Å². The van der Waals surface area contributed by atoms with Gasteiger partial charge in [0, 0.05) is 26.1 Å². The van der Waals surface area contributed by atoms with Crippen LogP contribution in [-0.2, 0) is 41.5 Å². The van der Waals surface area contributed by atoms with Crippen molar-refractivity contribution in [2.45, 2.75) is 127 Å². The molecule has 0 spiro atoms. The van der Waals surface area contributed by atoms with E-state index in [0.29, 0.717) is 45.3 Å². The van der Waals surface area contributed by atoms with E-state index in [-0.39, 0.29) is 38.5 Å². The smallest absolute Gasteiger partial charge is 0.410 e. The standard InChI is InChI=1S/C43H60N6O8/c44-25-12-11-21-35(38(50)40(52)45-26-24-32-17-7-2-8-18-32)46-39(51)37-29-34(57-43(55)48-27-13-4-14-28-48)30-49(37)41(53)36(23-22-31-15-5-1-6-16-31)47-42(54)56-33-19-9-3-10-20-33/h1-2,5-8,15-18,33-37H,3-4,9-14,19-30,44H2,(H,45,52)(H,46,51)(H,47,54)/t34-,35+,36-,37+/m1/s1. The SMILES string of the molecule is NCCCC[C@H](NC(=O)[C@@H]1C[C@@H](OC(=O)N2CCCCC2)CN1C(=O)[C@@H](CCc1ccccc1)NC(=O)OC1CCCCC1)C(=O)C(=O)NCCc1ccccc1. The summed E-state index contributed by atoms with van der Waals surface area (Å²) >= 11 is 0. The van der Waals surface area contributed by atoms with Crippen LogP contribution >= 0.6 is 0 Å². The van der Waals surface area contributed by atoms with Crippen LogP contribution in [-0.4, -0.2) is 109 Å². The largest absolute Gasteiger partial charge is 0.446 e. The molecule has 57 heavy (non-hydrogen) atoms. The number of nitrogens with two attached hydrogens (primary N) is 1. The predicted octanol–water partition coefficient (Wildman–Crippen LogP) is 4.18. The number of nitrogens with one attached hydrogen (secondary N) is 3. The lowest BCUT2D eigenvalue weighted by Crippen LogP contribution is -2.56. The molecule has 3 aliphatic rings. The zero-order valence-corrected chi connectivity index (χ0v) is 33.0. The van der Waals surface area contributed by atoms with Gasteiger partial charge in [-0.25, -0.2) is 9.59 Å². The number of nitrogens with zero attached hydrogens (tertiary/aromatic N) is 2. The van der Waals surface area contributed by atoms with Crippen molar-refractivity contribution in [1.82, 2.24) is 25.8 Å². The Morgan fingerprint density at radius 1 is 0.719 bits per heavy atom. The van der Waals surface area contributed by atoms with Crippen LogP contribution in [0.1, 0.15) is 94.6 Å². The van der Waals surface area contributed by atoms with Crippen molar-refractivity contribution in [1.29, 1.82) is 0 Å². The Morgan fingerprint density at radius 3 is 2.04 bits per heavy atom. The summed E-state index contributed by atoms with van der Waals surface area (Å²) in [6.07, 6.45) is 7.36. The van der Waals surface area contributed by atoms with E-state index < -0.39 is 59.9 Å². The third-order valence-electron chi connectivity index (χ3n) is 11.1. The Kier molecular flexibility index (Phi) is 17.2. The topological polar surface area (TPSA) is 189 Å². The van der Waals surface area contributed by atoms with Gasteiger partial charge in [0.1, 0.15) is 24.3 Å². The Bertz CT molecular complexity index is 1620. The van der Waals surface area contributed by atoms with Crippen LogP contribution in [0.25, 0.3) is 0 Å². The van der Waals surface area contributed by atoms with Crippen molar-refractivity contribution in [2.24, 2.45) is 5.73 Å². The Balaban J connectivity index is 1.33. The van der Waals surface area contributed by atoms with Crippen LogP contribution in [0.15, 0.2) is 60.7 Å². The second kappa shape index (κ2) is 22.7. The highest BCUT2D eigenvalue weighted by molar-refractivity contribution is 6.38. The van der Waals surface area contributed by atoms with Crippen molar-refractivity contribution in [2.75, 3.05) is 32.7 Å². The number of amides is 5. The number of carbonyl (C=O) groups excluding carboxylic acids is 6. The molecule has 1 saturated carbocycles. The Morgan fingerprint density at radius 2 is 1.37 bits per heavy atom. The molecular formula is C43H60N6O8. The molecule has 2 saturated heterocycles. The van der Waals surface area contributed by atoms with Crippen LogP contribution in [0, 0.1) is 0 Å². The zero-order chi connectivity index (χ0) is 40.4. The highest BCUT2D eigenvalue weighted by atomic mass is 16.6. The number of carbonyl (C=O) groups is 6. The number of Topliss-reactive ketones (excluding diaryl/α,β-unsaturated/α-hetero) is 1. The third kappa shape index (κ3) is 13.6. The summed E-state index contributed by atoms with van der Waals surface area (Å²) in [5, 5.41) is 8.25. The number of benzene rings is 2. The monoisotopic (exact) mass is 788 g/mol. The average Bonchev–Trinajstić information content (AvgIpc) is 3.66. The first-order chi connectivity index (χ1) is 27.7. The molecule has 14 nitrogen and oxygen atoms in total. The van der Waals surface area contributed by atoms with Gasteiger partial charge < -0.3 is 41.0 Å². The first-order valence-electron chi connectivity index (χ1n) is 20.8. The first kappa shape index (κ1) is 43.1. The Hall–Kier alpha value is -4.98. The van der Waals surface area contributed by atoms with E-state index in [0.717, 1.165) is 62.5 Å². The predicted molar refractivity (Wildman–Crippen MR) is 214 cm³/mol. The molecule has 3 fully saturated rings. The number of aryl methyl sites for hydroxylation is 1. The molecular weight excluding hydrogens is 729 g/mol. The summed E-state index contributed by atoms with van der Waals surface area (Å²) in [5.74, 6) is -2.81. The van der Waals surface area contributed by atoms with Gasteiger partial charge in [0.2, 0.25) is 17.6 Å². The number of rotatable bonds is 18. The van der Waals surface area contributed by atoms with Gasteiger partial charge in [-0.2, -0.15) is 0 Å². The molecule has 4 atom stereocenters. The third-order valence-corrected chi connectivity index (χ3v) is 11.1. The van der Waals surface area contributed by atoms with Gasteiger partial charge in [0.15, 0.2) is 0 Å². The van der Waals surface area contributed by atoms with Crippen LogP contribution in [0.5, 0.6) is 0 Å². The molecule has 2 heterocycles. The summed E-state index contributed by atoms with van der Waals surface area (Å²) < 4.78 is 11.7. The summed E-state index contributed by atoms with van der Waals surface area (Å²) in [6, 6.07) is 15.7. The van der Waals surface area contributed by atoms with Crippen molar-refractivity contribution < 1.29 is 38.2 Å². The Labute approximate surface area is 335 Å². The number of hydrogen-bond donors (Lipinski definition) is 4. The fourth-order valence-corrected chi connectivity index (χ4v) is 7.83. The fourth-order valence-electron chi connectivity index (χ4n) is 7.83. The van der Waals surface area contributed by atoms with Crippen LogP contribution in [0.2, 0.25) is 0 Å². The first-order valence-corrected chi connectivity index (χ1v) is 20.8. The number of likely N-dealkylation sites (tertiary alicyclic amines) is 2. The lowest BCUT2D eigenvalue weighted by atomic mass is 9.98. The normalized spacial score (nSPS) is 19.5. The second-order valence-corrected chi connectivity index (χ2v) is 15.4. The zero-order valence-electron chi connectivity index (χ0n) is 33.0. The minimum atomic E-state index is -1.18. The van der Waals surface area contributed by atoms with Crippen LogP contribution in [0.3, 0.4) is 0 Å². The number of ketones is 1. The second-order valence-electron chi connectivity index (χ2n) is 15.4. The molecule has 5 rings (SSSR count). The lowest BCUT2D eigenvalue weighted by molar-refractivity contribution is -0.143. The van der Waals surface area contributed by atoms with E-state index in [9.17, 15) is 28.8 Å². The van der Waals surface area contributed by atoms with E-state index in [1.807, 2.05) is 60.7 Å². The lowest BCUT2D eigenvalue weighted by Gasteiger charge is -2.30. The molecule has 0 aromatic heterocycles. The van der Waals surface area contributed by atoms with Crippen LogP contribution in [0.4, 0.5) is 9.59 Å². The molecule has 14 heteroatoms. The quantitative estimate of drug-likeness (QED) is 0.127. The van der Waals surface area contributed by atoms with E-state index >= 15 is 0 Å². The minimum absolute atomic E-state index is 0.0257. The summed E-state index contributed by atoms with van der Waals surface area (Å²) in [6.45, 7) is 1.63. The highest BCUT2D eigenvalue weighted by Gasteiger charge is 2.45. The summed E-state index contributed by atoms with van der Waals surface area (Å²) in [7, 11) is 0. The number of piperidine rings is 1. The minimum Gasteiger partial charge on any atom is -0.446 e. The van der Waals surface area contributed by atoms with Gasteiger partial charge in [0.25, 0.3) is 5.91 Å². The molecule has 2 aromatic carbocycles. The molecule has 2 aromatic rings. The van der Waals surface area contributed by atoms with Gasteiger partial charge in [-0.3, -0.25) is 19.2 Å². The van der Waals surface area contributed by atoms with E-state index in [2.05, 4.69) is 16.0 Å². The molecule has 1 aliphatic carbocycles. The fraction of sp³-hybridized carbons (Fsp3) is 0.581. The number of alkyl carbamates (subject to hydrolysis) is 1. The molecule has 0 unspecified atom stereocenters. The van der Waals surface area contributed by atoms with Crippen molar-refractivity contribution >= 4 is 35.7 Å². The van der Waals surface area contributed by atoms with Gasteiger partial charge in [0.05, 0.1) is 12.6 Å². The summed E-state index contributed by atoms with van der Waals surface area (Å²) in [4.78, 5) is 85.0. The molecule has 310 valence electrons. The van der Waals surface area contributed by atoms with Crippen molar-refractivity contribution in [3.63, 3.8) is 0 Å². The maximum absolute atomic E-state index is 14.6. The highest BCUT2D eigenvalue weighted by Crippen LogP contribution is 2.26.